The van der Waals surface area contributed by atoms with Crippen LogP contribution in [0.3, 0.4) is 0 Å². The van der Waals surface area contributed by atoms with Gasteiger partial charge in [-0.3, -0.25) is 33.6 Å². The minimum Gasteiger partial charge on any atom is -0.458 e. The number of hydrogen-bond acceptors (Lipinski definition) is 18. The molecule has 20 heteroatoms. The van der Waals surface area contributed by atoms with Gasteiger partial charge in [0.25, 0.3) is 0 Å². The summed E-state index contributed by atoms with van der Waals surface area (Å²) in [5.74, 6) is -5.11. The van der Waals surface area contributed by atoms with E-state index in [0.29, 0.717) is 4.99 Å². The Morgan fingerprint density at radius 1 is 0.429 bits per heavy atom. The summed E-state index contributed by atoms with van der Waals surface area (Å²) in [5.41, 5.74) is 0. The van der Waals surface area contributed by atoms with Gasteiger partial charge in [0.15, 0.2) is 36.9 Å². The van der Waals surface area contributed by atoms with Crippen molar-refractivity contribution in [2.24, 2.45) is 5.92 Å². The zero-order chi connectivity index (χ0) is 37.7. The summed E-state index contributed by atoms with van der Waals surface area (Å²) < 4.78 is 47.3. The molecule has 2 rings (SSSR count). The Labute approximate surface area is 293 Å². The van der Waals surface area contributed by atoms with Gasteiger partial charge in [-0.15, -0.1) is 0 Å². The van der Waals surface area contributed by atoms with Gasteiger partial charge in [-0.1, -0.05) is 31.4 Å². The molecule has 0 aromatic rings. The summed E-state index contributed by atoms with van der Waals surface area (Å²) in [5, 5.41) is 5.54. The monoisotopic (exact) mass is 738 g/mol. The number of hydrogen-bond donors (Lipinski definition) is 2. The molecule has 2 fully saturated rings. The first-order valence-electron chi connectivity index (χ1n) is 14.7. The van der Waals surface area contributed by atoms with Gasteiger partial charge in [0, 0.05) is 48.5 Å². The van der Waals surface area contributed by atoms with Crippen LogP contribution in [-0.2, 0) is 76.2 Å². The van der Waals surface area contributed by atoms with E-state index >= 15 is 0 Å². The van der Waals surface area contributed by atoms with Crippen LogP contribution in [0.25, 0.3) is 0 Å². The van der Waals surface area contributed by atoms with Crippen LogP contribution in [0.2, 0.25) is 0 Å². The van der Waals surface area contributed by atoms with Crippen LogP contribution in [0.15, 0.2) is 0 Å². The molecule has 0 saturated carbocycles. The zero-order valence-corrected chi connectivity index (χ0v) is 30.3. The van der Waals surface area contributed by atoms with Crippen molar-refractivity contribution in [3.05, 3.63) is 0 Å². The third-order valence-electron chi connectivity index (χ3n) is 6.11. The summed E-state index contributed by atoms with van der Waals surface area (Å²) >= 11 is 9.94. The molecule has 2 N–H and O–H groups in total. The zero-order valence-electron chi connectivity index (χ0n) is 28.6. The van der Waals surface area contributed by atoms with Crippen LogP contribution in [0, 0.1) is 5.92 Å². The fourth-order valence-electron chi connectivity index (χ4n) is 4.62. The van der Waals surface area contributed by atoms with Crippen molar-refractivity contribution in [3.8, 4) is 0 Å². The molecular formula is C29H42N2O16S2. The highest BCUT2D eigenvalue weighted by Gasteiger charge is 2.53. The SMILES string of the molecule is CC(=O)OC1OC(NC(C)=S)C(OC(C)=O)C(OC(C)=O)C1C.CC(=O)OC1OC(NC(C)=S)C(OC(C)=O)C(OC(C)=O)C1OC(C)=O. The number of carbonyl (C=O) groups excluding carboxylic acids is 7. The van der Waals surface area contributed by atoms with Gasteiger partial charge in [-0.2, -0.15) is 0 Å². The molecule has 276 valence electrons. The van der Waals surface area contributed by atoms with Crippen LogP contribution in [0.4, 0.5) is 0 Å². The molecule has 2 aliphatic rings. The molecule has 0 aromatic heterocycles. The minimum absolute atomic E-state index is 0.279. The van der Waals surface area contributed by atoms with Crippen LogP contribution < -0.4 is 10.6 Å². The Hall–Kier alpha value is -4.01. The van der Waals surface area contributed by atoms with Gasteiger partial charge in [0.05, 0.1) is 15.9 Å². The van der Waals surface area contributed by atoms with E-state index in [4.69, 9.17) is 67.1 Å². The van der Waals surface area contributed by atoms with Gasteiger partial charge >= 0.3 is 41.8 Å². The standard InChI is InChI=1S/C15H21NO9S.C14H21NO7S/c1-6(26)16-14-12(22-8(3)18)11(21-7(2)17)13(23-9(4)19)15(25-14)24-10(5)20;1-6-11(19-8(3)16)12(20-9(4)17)13(15-7(2)23)22-14(6)21-10(5)18/h11-15H,1-5H3,(H,16,26);6,11-14H,1-5H3,(H,15,23). The van der Waals surface area contributed by atoms with Crippen molar-refractivity contribution < 1.29 is 76.2 Å². The highest BCUT2D eigenvalue weighted by molar-refractivity contribution is 7.80. The molecule has 0 bridgehead atoms. The highest BCUT2D eigenvalue weighted by Crippen LogP contribution is 2.31. The van der Waals surface area contributed by atoms with E-state index in [2.05, 4.69) is 10.6 Å². The van der Waals surface area contributed by atoms with Crippen molar-refractivity contribution in [2.45, 2.75) is 125 Å². The topological polar surface area (TPSA) is 227 Å². The summed E-state index contributed by atoms with van der Waals surface area (Å²) in [6.07, 6.45) is -10.1. The third kappa shape index (κ3) is 15.0. The molecule has 0 radical (unpaired) electrons. The van der Waals surface area contributed by atoms with E-state index in [-0.39, 0.29) is 4.99 Å². The lowest BCUT2D eigenvalue weighted by Crippen LogP contribution is -2.65. The quantitative estimate of drug-likeness (QED) is 0.188. The second-order valence-electron chi connectivity index (χ2n) is 10.7. The lowest BCUT2D eigenvalue weighted by molar-refractivity contribution is -0.298. The maximum Gasteiger partial charge on any atom is 0.305 e. The fraction of sp³-hybridized carbons (Fsp3) is 0.690. The molecule has 0 aliphatic carbocycles. The van der Waals surface area contributed by atoms with Crippen molar-refractivity contribution in [2.75, 3.05) is 0 Å². The van der Waals surface area contributed by atoms with Crippen molar-refractivity contribution in [3.63, 3.8) is 0 Å². The average Bonchev–Trinajstić information content (AvgIpc) is 2.91. The highest BCUT2D eigenvalue weighted by atomic mass is 32.1. The molecule has 2 heterocycles. The van der Waals surface area contributed by atoms with Crippen LogP contribution in [0.1, 0.15) is 69.2 Å². The second-order valence-corrected chi connectivity index (χ2v) is 11.9. The van der Waals surface area contributed by atoms with Gasteiger partial charge in [-0.25, -0.2) is 0 Å². The number of ether oxygens (including phenoxy) is 9. The number of esters is 7. The van der Waals surface area contributed by atoms with E-state index < -0.39 is 103 Å². The van der Waals surface area contributed by atoms with Crippen molar-refractivity contribution in [1.82, 2.24) is 10.6 Å². The molecule has 2 saturated heterocycles. The number of thiocarbonyl (C=S) groups is 2. The molecule has 49 heavy (non-hydrogen) atoms. The first kappa shape index (κ1) is 43.0. The van der Waals surface area contributed by atoms with Crippen LogP contribution in [-0.4, -0.2) is 107 Å². The number of carbonyl (C=O) groups is 7. The predicted octanol–water partition coefficient (Wildman–Crippen LogP) is 0.632. The van der Waals surface area contributed by atoms with E-state index in [1.165, 1.54) is 20.8 Å². The number of nitrogens with one attached hydrogen (secondary N) is 2. The molecular weight excluding hydrogens is 696 g/mol. The molecule has 2 aliphatic heterocycles. The van der Waals surface area contributed by atoms with E-state index in [1.54, 1.807) is 20.8 Å². The Kier molecular flexibility index (Phi) is 17.4. The lowest BCUT2D eigenvalue weighted by atomic mass is 9.94. The average molecular weight is 739 g/mol. The minimum atomic E-state index is -1.42. The van der Waals surface area contributed by atoms with Gasteiger partial charge in [-0.05, 0) is 13.8 Å². The Morgan fingerprint density at radius 2 is 0.714 bits per heavy atom. The normalized spacial score (nSPS) is 28.8. The molecule has 0 spiro atoms. The maximum absolute atomic E-state index is 11.5. The number of rotatable bonds is 9. The van der Waals surface area contributed by atoms with Crippen LogP contribution >= 0.6 is 24.4 Å². The van der Waals surface area contributed by atoms with Crippen molar-refractivity contribution >= 4 is 76.2 Å². The van der Waals surface area contributed by atoms with Gasteiger partial charge in [0.1, 0.15) is 0 Å². The smallest absolute Gasteiger partial charge is 0.305 e. The predicted molar refractivity (Wildman–Crippen MR) is 171 cm³/mol. The molecule has 0 amide bonds. The molecule has 10 unspecified atom stereocenters. The Morgan fingerprint density at radius 3 is 1.08 bits per heavy atom. The maximum atomic E-state index is 11.5. The lowest BCUT2D eigenvalue weighted by Gasteiger charge is -2.43. The summed E-state index contributed by atoms with van der Waals surface area (Å²) in [4.78, 5) is 80.5. The van der Waals surface area contributed by atoms with Crippen molar-refractivity contribution in [1.29, 1.82) is 0 Å². The fourth-order valence-corrected chi connectivity index (χ4v) is 4.86. The van der Waals surface area contributed by atoms with Gasteiger partial charge in [0.2, 0.25) is 18.7 Å². The van der Waals surface area contributed by atoms with E-state index in [0.717, 1.165) is 27.7 Å². The first-order chi connectivity index (χ1) is 22.6. The Bertz CT molecular complexity index is 1240. The summed E-state index contributed by atoms with van der Waals surface area (Å²) in [6, 6.07) is 0. The van der Waals surface area contributed by atoms with Crippen LogP contribution in [0.5, 0.6) is 0 Å². The van der Waals surface area contributed by atoms with Gasteiger partial charge < -0.3 is 53.3 Å². The largest absolute Gasteiger partial charge is 0.458 e. The third-order valence-corrected chi connectivity index (χ3v) is 6.35. The first-order valence-corrected chi connectivity index (χ1v) is 15.5. The molecule has 0 aromatic carbocycles. The second kappa shape index (κ2) is 19.9. The van der Waals surface area contributed by atoms with E-state index in [1.807, 2.05) is 0 Å². The summed E-state index contributed by atoms with van der Waals surface area (Å²) in [7, 11) is 0. The molecule has 18 nitrogen and oxygen atoms in total. The summed E-state index contributed by atoms with van der Waals surface area (Å²) in [6.45, 7) is 13.0. The van der Waals surface area contributed by atoms with E-state index in [9.17, 15) is 33.6 Å². The Balaban J connectivity index is 0.000000494. The molecule has 10 atom stereocenters.